The van der Waals surface area contributed by atoms with E-state index in [0.29, 0.717) is 21.7 Å². The Hall–Kier alpha value is -2.65. The third kappa shape index (κ3) is 4.41. The van der Waals surface area contributed by atoms with Crippen molar-refractivity contribution in [2.45, 2.75) is 26.3 Å². The first kappa shape index (κ1) is 16.7. The Labute approximate surface area is 129 Å². The number of alkyl halides is 3. The summed E-state index contributed by atoms with van der Waals surface area (Å²) in [6.07, 6.45) is -4.43. The number of hydrogen-bond donors (Lipinski definition) is 0. The molecule has 2 rings (SSSR count). The van der Waals surface area contributed by atoms with Crippen LogP contribution in [0.15, 0.2) is 18.2 Å². The van der Waals surface area contributed by atoms with Crippen LogP contribution in [0.4, 0.5) is 13.2 Å². The highest BCUT2D eigenvalue weighted by Gasteiger charge is 2.29. The molecule has 0 saturated carbocycles. The topological polar surface area (TPSA) is 79.1 Å². The Bertz CT molecular complexity index is 700. The molecule has 1 aromatic carbocycles. The van der Waals surface area contributed by atoms with Gasteiger partial charge in [-0.15, -0.1) is 10.2 Å². The Morgan fingerprint density at radius 2 is 2.09 bits per heavy atom. The molecule has 0 bridgehead atoms. The summed E-state index contributed by atoms with van der Waals surface area (Å²) in [7, 11) is 1.26. The molecule has 1 heterocycles. The van der Waals surface area contributed by atoms with Crippen molar-refractivity contribution in [2.75, 3.05) is 7.11 Å². The molecule has 0 aliphatic heterocycles. The number of methoxy groups -OCH3 is 1. The quantitative estimate of drug-likeness (QED) is 0.779. The highest BCUT2D eigenvalue weighted by atomic mass is 19.4. The molecule has 0 unspecified atom stereocenters. The summed E-state index contributed by atoms with van der Waals surface area (Å²) in [5.41, 5.74) is 0.876. The van der Waals surface area contributed by atoms with Gasteiger partial charge in [0.1, 0.15) is 5.75 Å². The van der Waals surface area contributed by atoms with Gasteiger partial charge in [0, 0.05) is 5.56 Å². The van der Waals surface area contributed by atoms with Gasteiger partial charge in [0.25, 0.3) is 0 Å². The summed E-state index contributed by atoms with van der Waals surface area (Å²) < 4.78 is 46.7. The van der Waals surface area contributed by atoms with Crippen LogP contribution in [0.1, 0.15) is 21.7 Å². The van der Waals surface area contributed by atoms with Gasteiger partial charge in [-0.05, 0) is 24.3 Å². The van der Waals surface area contributed by atoms with Crippen molar-refractivity contribution in [1.82, 2.24) is 20.2 Å². The number of carbonyl (C=O) groups excluding carboxylic acids is 1. The van der Waals surface area contributed by atoms with Gasteiger partial charge >= 0.3 is 12.1 Å². The van der Waals surface area contributed by atoms with Crippen LogP contribution in [0.5, 0.6) is 5.75 Å². The van der Waals surface area contributed by atoms with Gasteiger partial charge in [0.05, 0.1) is 12.7 Å². The number of benzene rings is 1. The van der Waals surface area contributed by atoms with Gasteiger partial charge < -0.3 is 9.47 Å². The van der Waals surface area contributed by atoms with Crippen molar-refractivity contribution < 1.29 is 27.4 Å². The number of carbonyl (C=O) groups is 1. The average Bonchev–Trinajstić information content (AvgIpc) is 2.90. The molecule has 0 amide bonds. The molecule has 0 N–H and O–H groups in total. The first-order valence-corrected chi connectivity index (χ1v) is 6.44. The largest absolute Gasteiger partial charge is 0.485 e. The van der Waals surface area contributed by atoms with Gasteiger partial charge in [-0.25, -0.2) is 4.79 Å². The molecule has 0 fully saturated rings. The molecule has 0 saturated heterocycles. The molecule has 124 valence electrons. The number of ether oxygens (including phenoxy) is 2. The molecular weight excluding hydrogens is 317 g/mol. The number of nitrogens with zero attached hydrogens (tertiary/aromatic N) is 4. The molecule has 1 aromatic heterocycles. The van der Waals surface area contributed by atoms with Crippen LogP contribution in [-0.2, 0) is 17.9 Å². The monoisotopic (exact) mass is 330 g/mol. The molecule has 7 nitrogen and oxygen atoms in total. The smallest absolute Gasteiger partial charge is 0.409 e. The normalized spacial score (nSPS) is 11.3. The first-order valence-electron chi connectivity index (χ1n) is 6.44. The minimum atomic E-state index is -4.43. The third-order valence-electron chi connectivity index (χ3n) is 2.86. The van der Waals surface area contributed by atoms with Crippen LogP contribution in [0, 0.1) is 6.92 Å². The molecule has 0 spiro atoms. The van der Waals surface area contributed by atoms with Crippen molar-refractivity contribution in [1.29, 1.82) is 0 Å². The highest BCUT2D eigenvalue weighted by molar-refractivity contribution is 5.91. The van der Waals surface area contributed by atoms with Crippen molar-refractivity contribution in [3.63, 3.8) is 0 Å². The van der Waals surface area contributed by atoms with E-state index in [1.54, 1.807) is 25.1 Å². The van der Waals surface area contributed by atoms with Crippen LogP contribution < -0.4 is 4.74 Å². The van der Waals surface area contributed by atoms with Crippen molar-refractivity contribution in [2.24, 2.45) is 0 Å². The summed E-state index contributed by atoms with van der Waals surface area (Å²) in [4.78, 5) is 12.0. The van der Waals surface area contributed by atoms with Crippen molar-refractivity contribution in [3.05, 3.63) is 35.2 Å². The van der Waals surface area contributed by atoms with Gasteiger partial charge in [0.15, 0.2) is 13.2 Å². The molecule has 0 aliphatic rings. The van der Waals surface area contributed by atoms with E-state index in [4.69, 9.17) is 4.74 Å². The van der Waals surface area contributed by atoms with Gasteiger partial charge in [0.2, 0.25) is 5.82 Å². The summed E-state index contributed by atoms with van der Waals surface area (Å²) >= 11 is 0. The fourth-order valence-corrected chi connectivity index (χ4v) is 1.81. The molecule has 0 aliphatic carbocycles. The number of aromatic nitrogens is 4. The summed E-state index contributed by atoms with van der Waals surface area (Å²) in [6, 6.07) is 4.79. The zero-order valence-electron chi connectivity index (χ0n) is 12.3. The average molecular weight is 330 g/mol. The standard InChI is InChI=1S/C13H13F3N4O3/c1-8-9(12(21)22-2)4-3-5-10(8)23-6-11-17-19-20(18-11)7-13(14,15)16/h3-5H,6-7H2,1-2H3. The minimum absolute atomic E-state index is 0.00267. The Balaban J connectivity index is 2.05. The maximum Gasteiger partial charge on any atom is 0.409 e. The first-order chi connectivity index (χ1) is 10.8. The highest BCUT2D eigenvalue weighted by Crippen LogP contribution is 2.22. The van der Waals surface area contributed by atoms with Crippen LogP contribution in [-0.4, -0.2) is 39.5 Å². The Morgan fingerprint density at radius 3 is 2.74 bits per heavy atom. The third-order valence-corrected chi connectivity index (χ3v) is 2.86. The lowest BCUT2D eigenvalue weighted by Gasteiger charge is -2.10. The van der Waals surface area contributed by atoms with E-state index in [2.05, 4.69) is 20.1 Å². The maximum atomic E-state index is 12.2. The van der Waals surface area contributed by atoms with E-state index in [1.807, 2.05) is 0 Å². The fourth-order valence-electron chi connectivity index (χ4n) is 1.81. The van der Waals surface area contributed by atoms with E-state index in [-0.39, 0.29) is 12.4 Å². The lowest BCUT2D eigenvalue weighted by Crippen LogP contribution is -2.19. The van der Waals surface area contributed by atoms with E-state index in [0.717, 1.165) is 0 Å². The van der Waals surface area contributed by atoms with Crippen molar-refractivity contribution in [3.8, 4) is 5.75 Å². The van der Waals surface area contributed by atoms with E-state index < -0.39 is 18.7 Å². The lowest BCUT2D eigenvalue weighted by atomic mass is 10.1. The van der Waals surface area contributed by atoms with E-state index in [1.165, 1.54) is 7.11 Å². The van der Waals surface area contributed by atoms with Gasteiger partial charge in [-0.1, -0.05) is 6.07 Å². The number of esters is 1. The zero-order valence-corrected chi connectivity index (χ0v) is 12.3. The summed E-state index contributed by atoms with van der Waals surface area (Å²) in [5.74, 6) is -0.139. The Kier molecular flexibility index (Phi) is 4.82. The minimum Gasteiger partial charge on any atom is -0.485 e. The van der Waals surface area contributed by atoms with Gasteiger partial charge in [-0.2, -0.15) is 18.0 Å². The van der Waals surface area contributed by atoms with Crippen molar-refractivity contribution >= 4 is 5.97 Å². The molecule has 0 atom stereocenters. The molecule has 23 heavy (non-hydrogen) atoms. The fraction of sp³-hybridized carbons (Fsp3) is 0.385. The van der Waals surface area contributed by atoms with Crippen LogP contribution >= 0.6 is 0 Å². The van der Waals surface area contributed by atoms with Crippen LogP contribution in [0.2, 0.25) is 0 Å². The summed E-state index contributed by atoms with van der Waals surface area (Å²) in [5, 5.41) is 10.4. The van der Waals surface area contributed by atoms with Gasteiger partial charge in [-0.3, -0.25) is 0 Å². The molecule has 10 heteroatoms. The van der Waals surface area contributed by atoms with Crippen LogP contribution in [0.3, 0.4) is 0 Å². The number of hydrogen-bond acceptors (Lipinski definition) is 6. The number of tetrazole rings is 1. The second-order valence-electron chi connectivity index (χ2n) is 4.56. The predicted octanol–water partition coefficient (Wildman–Crippen LogP) is 1.91. The SMILES string of the molecule is COC(=O)c1cccc(OCc2nnn(CC(F)(F)F)n2)c1C. The van der Waals surface area contributed by atoms with E-state index >= 15 is 0 Å². The summed E-state index contributed by atoms with van der Waals surface area (Å²) in [6.45, 7) is 0.162. The molecule has 0 radical (unpaired) electrons. The Morgan fingerprint density at radius 1 is 1.35 bits per heavy atom. The predicted molar refractivity (Wildman–Crippen MR) is 70.7 cm³/mol. The second-order valence-corrected chi connectivity index (χ2v) is 4.56. The lowest BCUT2D eigenvalue weighted by molar-refractivity contribution is -0.145. The maximum absolute atomic E-state index is 12.2. The van der Waals surface area contributed by atoms with E-state index in [9.17, 15) is 18.0 Å². The number of rotatable bonds is 5. The molecule has 2 aromatic rings. The van der Waals surface area contributed by atoms with Crippen LogP contribution in [0.25, 0.3) is 0 Å². The zero-order chi connectivity index (χ0) is 17.0. The molecular formula is C13H13F3N4O3. The number of halogens is 3. The second kappa shape index (κ2) is 6.63.